The van der Waals surface area contributed by atoms with Crippen LogP contribution in [-0.2, 0) is 11.3 Å². The number of rotatable bonds is 4. The van der Waals surface area contributed by atoms with E-state index in [1.165, 1.54) is 17.1 Å². The molecule has 1 fully saturated rings. The smallest absolute Gasteiger partial charge is 0.250 e. The highest BCUT2D eigenvalue weighted by atomic mass is 16.2. The van der Waals surface area contributed by atoms with Gasteiger partial charge in [0.15, 0.2) is 0 Å². The van der Waals surface area contributed by atoms with E-state index in [0.29, 0.717) is 12.5 Å². The first-order chi connectivity index (χ1) is 8.75. The molecule has 1 saturated heterocycles. The molecule has 0 bridgehead atoms. The van der Waals surface area contributed by atoms with Crippen molar-refractivity contribution < 1.29 is 4.79 Å². The molecule has 2 N–H and O–H groups in total. The summed E-state index contributed by atoms with van der Waals surface area (Å²) in [6.07, 6.45) is 3.95. The topological polar surface area (TPSA) is 63.1 Å². The summed E-state index contributed by atoms with van der Waals surface area (Å²) in [7, 11) is 0. The van der Waals surface area contributed by atoms with Crippen molar-refractivity contribution in [1.82, 2.24) is 15.2 Å². The van der Waals surface area contributed by atoms with E-state index in [2.05, 4.69) is 10.6 Å². The fourth-order valence-electron chi connectivity index (χ4n) is 2.16. The lowest BCUT2D eigenvalue weighted by atomic mass is 10.00. The Morgan fingerprint density at radius 1 is 1.50 bits per heavy atom. The predicted octanol–water partition coefficient (Wildman–Crippen LogP) is -0.0359. The minimum Gasteiger partial charge on any atom is -0.354 e. The lowest BCUT2D eigenvalue weighted by Crippen LogP contribution is -2.39. The largest absolute Gasteiger partial charge is 0.354 e. The van der Waals surface area contributed by atoms with Gasteiger partial charge in [-0.05, 0) is 37.9 Å². The van der Waals surface area contributed by atoms with Crippen molar-refractivity contribution in [3.05, 3.63) is 34.7 Å². The van der Waals surface area contributed by atoms with Gasteiger partial charge < -0.3 is 15.2 Å². The van der Waals surface area contributed by atoms with E-state index in [1.54, 1.807) is 18.3 Å². The second-order valence-corrected chi connectivity index (χ2v) is 4.68. The van der Waals surface area contributed by atoms with Crippen LogP contribution in [-0.4, -0.2) is 30.1 Å². The van der Waals surface area contributed by atoms with Gasteiger partial charge in [0.25, 0.3) is 5.56 Å². The van der Waals surface area contributed by atoms with Gasteiger partial charge in [-0.2, -0.15) is 0 Å². The minimum atomic E-state index is -0.146. The highest BCUT2D eigenvalue weighted by Gasteiger charge is 2.13. The van der Waals surface area contributed by atoms with Crippen molar-refractivity contribution in [2.24, 2.45) is 5.92 Å². The molecule has 18 heavy (non-hydrogen) atoms. The van der Waals surface area contributed by atoms with Gasteiger partial charge in [0, 0.05) is 18.8 Å². The number of carbonyl (C=O) groups excluding carboxylic acids is 1. The molecule has 98 valence electrons. The van der Waals surface area contributed by atoms with Crippen molar-refractivity contribution >= 4 is 5.91 Å². The number of amides is 1. The van der Waals surface area contributed by atoms with Crippen molar-refractivity contribution in [2.45, 2.75) is 19.4 Å². The Morgan fingerprint density at radius 2 is 2.39 bits per heavy atom. The van der Waals surface area contributed by atoms with E-state index in [-0.39, 0.29) is 18.0 Å². The predicted molar refractivity (Wildman–Crippen MR) is 69.3 cm³/mol. The van der Waals surface area contributed by atoms with Crippen molar-refractivity contribution in [3.63, 3.8) is 0 Å². The van der Waals surface area contributed by atoms with Gasteiger partial charge in [-0.15, -0.1) is 0 Å². The van der Waals surface area contributed by atoms with E-state index in [4.69, 9.17) is 0 Å². The van der Waals surface area contributed by atoms with E-state index < -0.39 is 0 Å². The molecule has 0 aliphatic carbocycles. The van der Waals surface area contributed by atoms with Crippen molar-refractivity contribution in [1.29, 1.82) is 0 Å². The van der Waals surface area contributed by atoms with Crippen molar-refractivity contribution in [2.75, 3.05) is 19.6 Å². The standard InChI is InChI=1S/C13H19N3O2/c17-12(10-16-7-2-1-5-13(16)18)15-9-11-4-3-6-14-8-11/h1-2,5,7,11,14H,3-4,6,8-10H2,(H,15,17). The first-order valence-electron chi connectivity index (χ1n) is 6.38. The van der Waals surface area contributed by atoms with Crippen LogP contribution < -0.4 is 16.2 Å². The Hall–Kier alpha value is -1.62. The van der Waals surface area contributed by atoms with Gasteiger partial charge >= 0.3 is 0 Å². The molecule has 1 aromatic heterocycles. The lowest BCUT2D eigenvalue weighted by Gasteiger charge is -2.22. The summed E-state index contributed by atoms with van der Waals surface area (Å²) in [5, 5.41) is 6.20. The number of hydrogen-bond donors (Lipinski definition) is 2. The van der Waals surface area contributed by atoms with Gasteiger partial charge in [-0.3, -0.25) is 9.59 Å². The summed E-state index contributed by atoms with van der Waals surface area (Å²) in [6.45, 7) is 2.82. The summed E-state index contributed by atoms with van der Waals surface area (Å²) in [6, 6.07) is 4.88. The number of aromatic nitrogens is 1. The Morgan fingerprint density at radius 3 is 3.11 bits per heavy atom. The SMILES string of the molecule is O=C(Cn1ccccc1=O)NCC1CCCNC1. The number of nitrogens with zero attached hydrogens (tertiary/aromatic N) is 1. The monoisotopic (exact) mass is 249 g/mol. The average Bonchev–Trinajstić information content (AvgIpc) is 2.40. The van der Waals surface area contributed by atoms with Crippen molar-refractivity contribution in [3.8, 4) is 0 Å². The molecule has 0 aromatic carbocycles. The third-order valence-corrected chi connectivity index (χ3v) is 3.20. The second kappa shape index (κ2) is 6.35. The quantitative estimate of drug-likeness (QED) is 0.787. The molecule has 1 aliphatic heterocycles. The van der Waals surface area contributed by atoms with Crippen LogP contribution in [0.15, 0.2) is 29.2 Å². The van der Waals surface area contributed by atoms with E-state index in [1.807, 2.05) is 0 Å². The molecule has 1 amide bonds. The third kappa shape index (κ3) is 3.70. The Kier molecular flexibility index (Phi) is 4.52. The maximum absolute atomic E-state index is 11.7. The zero-order valence-electron chi connectivity index (χ0n) is 10.4. The fourth-order valence-corrected chi connectivity index (χ4v) is 2.16. The van der Waals surface area contributed by atoms with Crippen LogP contribution in [0.25, 0.3) is 0 Å². The molecule has 0 saturated carbocycles. The van der Waals surface area contributed by atoms with Crippen LogP contribution in [0, 0.1) is 5.92 Å². The molecule has 1 aliphatic rings. The first-order valence-corrected chi connectivity index (χ1v) is 6.38. The maximum Gasteiger partial charge on any atom is 0.250 e. The molecule has 1 atom stereocenters. The number of pyridine rings is 1. The number of nitrogens with one attached hydrogen (secondary N) is 2. The number of carbonyl (C=O) groups is 1. The molecular formula is C13H19N3O2. The van der Waals surface area contributed by atoms with E-state index in [0.717, 1.165) is 19.5 Å². The first kappa shape index (κ1) is 12.8. The van der Waals surface area contributed by atoms with Gasteiger partial charge in [0.1, 0.15) is 6.54 Å². The van der Waals surface area contributed by atoms with Crippen LogP contribution in [0.2, 0.25) is 0 Å². The summed E-state index contributed by atoms with van der Waals surface area (Å²) < 4.78 is 1.41. The maximum atomic E-state index is 11.7. The van der Waals surface area contributed by atoms with Crippen LogP contribution >= 0.6 is 0 Å². The molecular weight excluding hydrogens is 230 g/mol. The normalized spacial score (nSPS) is 19.4. The molecule has 0 spiro atoms. The third-order valence-electron chi connectivity index (χ3n) is 3.20. The average molecular weight is 249 g/mol. The molecule has 0 radical (unpaired) electrons. The van der Waals surface area contributed by atoms with Crippen LogP contribution in [0.5, 0.6) is 0 Å². The second-order valence-electron chi connectivity index (χ2n) is 4.68. The summed E-state index contributed by atoms with van der Waals surface area (Å²) in [5.41, 5.74) is -0.146. The Bertz CT molecular complexity index is 450. The molecule has 5 nitrogen and oxygen atoms in total. The van der Waals surface area contributed by atoms with Gasteiger partial charge in [0.05, 0.1) is 0 Å². The molecule has 2 heterocycles. The molecule has 2 rings (SSSR count). The van der Waals surface area contributed by atoms with Gasteiger partial charge in [-0.1, -0.05) is 6.07 Å². The van der Waals surface area contributed by atoms with E-state index >= 15 is 0 Å². The van der Waals surface area contributed by atoms with Crippen LogP contribution in [0.4, 0.5) is 0 Å². The zero-order valence-corrected chi connectivity index (χ0v) is 10.4. The Balaban J connectivity index is 1.78. The highest BCUT2D eigenvalue weighted by molar-refractivity contribution is 5.75. The van der Waals surface area contributed by atoms with Gasteiger partial charge in [0.2, 0.25) is 5.91 Å². The van der Waals surface area contributed by atoms with Gasteiger partial charge in [-0.25, -0.2) is 0 Å². The highest BCUT2D eigenvalue weighted by Crippen LogP contribution is 2.07. The summed E-state index contributed by atoms with van der Waals surface area (Å²) in [4.78, 5) is 23.1. The van der Waals surface area contributed by atoms with Crippen LogP contribution in [0.1, 0.15) is 12.8 Å². The van der Waals surface area contributed by atoms with Crippen LogP contribution in [0.3, 0.4) is 0 Å². The minimum absolute atomic E-state index is 0.0970. The zero-order chi connectivity index (χ0) is 12.8. The fraction of sp³-hybridized carbons (Fsp3) is 0.538. The summed E-state index contributed by atoms with van der Waals surface area (Å²) >= 11 is 0. The molecule has 5 heteroatoms. The lowest BCUT2D eigenvalue weighted by molar-refractivity contribution is -0.121. The summed E-state index contributed by atoms with van der Waals surface area (Å²) in [5.74, 6) is 0.407. The number of piperidine rings is 1. The Labute approximate surface area is 106 Å². The molecule has 1 aromatic rings. The number of hydrogen-bond acceptors (Lipinski definition) is 3. The van der Waals surface area contributed by atoms with E-state index in [9.17, 15) is 9.59 Å². The molecule has 1 unspecified atom stereocenters.